The van der Waals surface area contributed by atoms with Gasteiger partial charge in [-0.3, -0.25) is 4.79 Å². The van der Waals surface area contributed by atoms with E-state index in [1.807, 2.05) is 0 Å². The summed E-state index contributed by atoms with van der Waals surface area (Å²) in [5.74, 6) is -0.123. The Balaban J connectivity index is 1.85. The molecule has 9 heteroatoms. The average Bonchev–Trinajstić information content (AvgIpc) is 3.05. The Bertz CT molecular complexity index is 785. The van der Waals surface area contributed by atoms with Crippen molar-refractivity contribution in [3.63, 3.8) is 0 Å². The quantitative estimate of drug-likeness (QED) is 0.823. The molecule has 0 atom stereocenters. The molecule has 1 aromatic carbocycles. The van der Waals surface area contributed by atoms with E-state index >= 15 is 0 Å². The molecule has 1 aliphatic heterocycles. The van der Waals surface area contributed by atoms with E-state index in [0.29, 0.717) is 18.7 Å². The molecule has 0 aliphatic carbocycles. The molecule has 1 aromatic heterocycles. The topological polar surface area (TPSA) is 111 Å². The fourth-order valence-corrected chi connectivity index (χ4v) is 2.92. The van der Waals surface area contributed by atoms with Gasteiger partial charge < -0.3 is 4.90 Å². The van der Waals surface area contributed by atoms with Crippen LogP contribution in [0, 0.1) is 0 Å². The second-order valence-corrected chi connectivity index (χ2v) is 6.29. The Hall–Kier alpha value is -2.26. The van der Waals surface area contributed by atoms with Crippen LogP contribution in [0.5, 0.6) is 0 Å². The summed E-state index contributed by atoms with van der Waals surface area (Å²) in [5.41, 5.74) is 1.51. The van der Waals surface area contributed by atoms with Gasteiger partial charge in [-0.15, -0.1) is 5.10 Å². The van der Waals surface area contributed by atoms with Gasteiger partial charge in [-0.2, -0.15) is 0 Å². The summed E-state index contributed by atoms with van der Waals surface area (Å²) in [4.78, 5) is 13.9. The molecule has 2 N–H and O–H groups in total. The lowest BCUT2D eigenvalue weighted by Crippen LogP contribution is -2.32. The van der Waals surface area contributed by atoms with E-state index in [9.17, 15) is 13.2 Å². The van der Waals surface area contributed by atoms with Crippen LogP contribution in [0.2, 0.25) is 0 Å². The zero-order valence-electron chi connectivity index (χ0n) is 11.0. The van der Waals surface area contributed by atoms with E-state index < -0.39 is 10.0 Å². The molecule has 1 amide bonds. The summed E-state index contributed by atoms with van der Waals surface area (Å²) in [6.07, 6.45) is 3.71. The summed E-state index contributed by atoms with van der Waals surface area (Å²) in [6, 6.07) is 4.55. The maximum Gasteiger partial charge on any atom is 0.248 e. The molecular weight excluding hydrogens is 294 g/mol. The smallest absolute Gasteiger partial charge is 0.248 e. The number of sulfonamides is 1. The Labute approximate surface area is 121 Å². The maximum absolute atomic E-state index is 12.3. The van der Waals surface area contributed by atoms with Crippen molar-refractivity contribution in [3.05, 3.63) is 36.2 Å². The van der Waals surface area contributed by atoms with Gasteiger partial charge in [0.25, 0.3) is 0 Å². The van der Waals surface area contributed by atoms with Gasteiger partial charge in [0, 0.05) is 18.4 Å². The van der Waals surface area contributed by atoms with Crippen LogP contribution in [0.25, 0.3) is 0 Å². The van der Waals surface area contributed by atoms with Crippen molar-refractivity contribution in [1.29, 1.82) is 0 Å². The van der Waals surface area contributed by atoms with E-state index in [0.717, 1.165) is 5.56 Å². The monoisotopic (exact) mass is 307 g/mol. The van der Waals surface area contributed by atoms with Crippen LogP contribution in [-0.2, 0) is 27.8 Å². The molecule has 0 bridgehead atoms. The summed E-state index contributed by atoms with van der Waals surface area (Å²) in [5, 5.41) is 12.5. The van der Waals surface area contributed by atoms with Crippen molar-refractivity contribution in [1.82, 2.24) is 15.0 Å². The first-order chi connectivity index (χ1) is 9.95. The van der Waals surface area contributed by atoms with E-state index in [4.69, 9.17) is 5.14 Å². The van der Waals surface area contributed by atoms with Crippen molar-refractivity contribution in [2.24, 2.45) is 5.14 Å². The standard InChI is InChI=1S/C12H13N5O3S/c13-21(19,20)10-1-2-11-9(7-10)3-5-17(11)12(18)8-16-6-4-14-15-16/h1-2,4,6-7H,3,5,8H2,(H2,13,19,20). The number of amides is 1. The predicted molar refractivity (Wildman–Crippen MR) is 73.9 cm³/mol. The first-order valence-electron chi connectivity index (χ1n) is 6.25. The lowest BCUT2D eigenvalue weighted by Gasteiger charge is -2.17. The number of carbonyl (C=O) groups is 1. The van der Waals surface area contributed by atoms with Crippen LogP contribution in [0.3, 0.4) is 0 Å². The molecule has 8 nitrogen and oxygen atoms in total. The number of rotatable bonds is 3. The molecule has 0 radical (unpaired) electrons. The number of anilines is 1. The van der Waals surface area contributed by atoms with Crippen LogP contribution in [-0.4, -0.2) is 35.9 Å². The highest BCUT2D eigenvalue weighted by atomic mass is 32.2. The van der Waals surface area contributed by atoms with Crippen molar-refractivity contribution in [3.8, 4) is 0 Å². The van der Waals surface area contributed by atoms with Crippen molar-refractivity contribution in [2.75, 3.05) is 11.4 Å². The third kappa shape index (κ3) is 2.65. The highest BCUT2D eigenvalue weighted by molar-refractivity contribution is 7.89. The molecule has 0 fully saturated rings. The molecule has 0 saturated carbocycles. The SMILES string of the molecule is NS(=O)(=O)c1ccc2c(c1)CCN2C(=O)Cn1ccnn1. The lowest BCUT2D eigenvalue weighted by atomic mass is 10.2. The van der Waals surface area contributed by atoms with E-state index in [1.54, 1.807) is 17.2 Å². The number of nitrogens with zero attached hydrogens (tertiary/aromatic N) is 4. The molecule has 3 rings (SSSR count). The summed E-state index contributed by atoms with van der Waals surface area (Å²) >= 11 is 0. The van der Waals surface area contributed by atoms with Crippen LogP contribution >= 0.6 is 0 Å². The minimum absolute atomic E-state index is 0.0619. The number of carbonyl (C=O) groups excluding carboxylic acids is 1. The first kappa shape index (κ1) is 13.7. The molecule has 2 aromatic rings. The van der Waals surface area contributed by atoms with Crippen molar-refractivity contribution in [2.45, 2.75) is 17.9 Å². The summed E-state index contributed by atoms with van der Waals surface area (Å²) in [6.45, 7) is 0.604. The normalized spacial score (nSPS) is 14.2. The lowest BCUT2D eigenvalue weighted by molar-refractivity contribution is -0.119. The maximum atomic E-state index is 12.3. The molecular formula is C12H13N5O3S. The summed E-state index contributed by atoms with van der Waals surface area (Å²) < 4.78 is 24.1. The fourth-order valence-electron chi connectivity index (χ4n) is 2.36. The van der Waals surface area contributed by atoms with Gasteiger partial charge in [-0.25, -0.2) is 18.2 Å². The van der Waals surface area contributed by atoms with Crippen molar-refractivity contribution < 1.29 is 13.2 Å². The zero-order valence-corrected chi connectivity index (χ0v) is 11.8. The second-order valence-electron chi connectivity index (χ2n) is 4.73. The molecule has 2 heterocycles. The Morgan fingerprint density at radius 2 is 2.19 bits per heavy atom. The molecule has 110 valence electrons. The van der Waals surface area contributed by atoms with Gasteiger partial charge in [-0.05, 0) is 30.2 Å². The number of aromatic nitrogens is 3. The summed E-state index contributed by atoms with van der Waals surface area (Å²) in [7, 11) is -3.73. The molecule has 0 saturated heterocycles. The first-order valence-corrected chi connectivity index (χ1v) is 7.80. The molecule has 0 unspecified atom stereocenters. The van der Waals surface area contributed by atoms with E-state index in [1.165, 1.54) is 23.0 Å². The van der Waals surface area contributed by atoms with E-state index in [2.05, 4.69) is 10.3 Å². The molecule has 0 spiro atoms. The number of nitrogens with two attached hydrogens (primary N) is 1. The van der Waals surface area contributed by atoms with Gasteiger partial charge in [0.05, 0.1) is 11.1 Å². The van der Waals surface area contributed by atoms with Crippen LogP contribution < -0.4 is 10.0 Å². The number of hydrogen-bond donors (Lipinski definition) is 1. The zero-order chi connectivity index (χ0) is 15.0. The van der Waals surface area contributed by atoms with Gasteiger partial charge in [0.15, 0.2) is 0 Å². The third-order valence-corrected chi connectivity index (χ3v) is 4.26. The Morgan fingerprint density at radius 1 is 1.38 bits per heavy atom. The van der Waals surface area contributed by atoms with Crippen LogP contribution in [0.15, 0.2) is 35.5 Å². The van der Waals surface area contributed by atoms with E-state index in [-0.39, 0.29) is 17.3 Å². The number of hydrogen-bond acceptors (Lipinski definition) is 5. The molecule has 21 heavy (non-hydrogen) atoms. The number of primary sulfonamides is 1. The minimum Gasteiger partial charge on any atom is -0.310 e. The Morgan fingerprint density at radius 3 is 2.86 bits per heavy atom. The Kier molecular flexibility index (Phi) is 3.22. The highest BCUT2D eigenvalue weighted by Gasteiger charge is 2.26. The van der Waals surface area contributed by atoms with Gasteiger partial charge >= 0.3 is 0 Å². The minimum atomic E-state index is -3.73. The van der Waals surface area contributed by atoms with Gasteiger partial charge in [-0.1, -0.05) is 5.21 Å². The van der Waals surface area contributed by atoms with Crippen LogP contribution in [0.1, 0.15) is 5.56 Å². The average molecular weight is 307 g/mol. The predicted octanol–water partition coefficient (Wildman–Crippen LogP) is -0.485. The highest BCUT2D eigenvalue weighted by Crippen LogP contribution is 2.30. The van der Waals surface area contributed by atoms with Crippen LogP contribution in [0.4, 0.5) is 5.69 Å². The number of benzene rings is 1. The van der Waals surface area contributed by atoms with Crippen molar-refractivity contribution >= 4 is 21.6 Å². The molecule has 1 aliphatic rings. The second kappa shape index (κ2) is 4.93. The van der Waals surface area contributed by atoms with Gasteiger partial charge in [0.2, 0.25) is 15.9 Å². The third-order valence-electron chi connectivity index (χ3n) is 3.35. The van der Waals surface area contributed by atoms with Gasteiger partial charge in [0.1, 0.15) is 6.54 Å². The fraction of sp³-hybridized carbons (Fsp3) is 0.250. The largest absolute Gasteiger partial charge is 0.310 e. The number of fused-ring (bicyclic) bond motifs is 1.